The number of hydrogen-bond donors (Lipinski definition) is 1. The molecule has 0 unspecified atom stereocenters. The number of hydrogen-bond acceptors (Lipinski definition) is 5. The van der Waals surface area contributed by atoms with E-state index in [1.54, 1.807) is 4.90 Å². The molecular formula is C21H28N4O2. The Bertz CT molecular complexity index is 805. The van der Waals surface area contributed by atoms with E-state index >= 15 is 0 Å². The smallest absolute Gasteiger partial charge is 0.251 e. The summed E-state index contributed by atoms with van der Waals surface area (Å²) in [5.41, 5.74) is 2.90. The second-order valence-corrected chi connectivity index (χ2v) is 7.71. The lowest BCUT2D eigenvalue weighted by Gasteiger charge is -2.32. The Morgan fingerprint density at radius 1 is 1.22 bits per heavy atom. The molecule has 1 atom stereocenters. The lowest BCUT2D eigenvalue weighted by molar-refractivity contribution is -0.142. The van der Waals surface area contributed by atoms with Gasteiger partial charge in [0.25, 0.3) is 5.91 Å². The molecule has 1 amide bonds. The van der Waals surface area contributed by atoms with Crippen LogP contribution in [0.15, 0.2) is 30.3 Å². The lowest BCUT2D eigenvalue weighted by atomic mass is 10.0. The molecule has 0 fully saturated rings. The first-order valence-electron chi connectivity index (χ1n) is 9.46. The molecule has 1 aromatic carbocycles. The van der Waals surface area contributed by atoms with E-state index in [2.05, 4.69) is 0 Å². The van der Waals surface area contributed by atoms with E-state index in [1.807, 2.05) is 63.2 Å². The van der Waals surface area contributed by atoms with Gasteiger partial charge < -0.3 is 14.9 Å². The Balaban J connectivity index is 1.92. The van der Waals surface area contributed by atoms with Gasteiger partial charge in [0.15, 0.2) is 5.82 Å². The maximum atomic E-state index is 12.6. The monoisotopic (exact) mass is 368 g/mol. The first kappa shape index (κ1) is 19.3. The third-order valence-electron chi connectivity index (χ3n) is 4.79. The highest BCUT2D eigenvalue weighted by atomic mass is 16.3. The molecule has 0 aliphatic carbocycles. The lowest BCUT2D eigenvalue weighted by Crippen LogP contribution is -2.43. The van der Waals surface area contributed by atoms with E-state index < -0.39 is 6.10 Å². The van der Waals surface area contributed by atoms with Crippen molar-refractivity contribution in [3.63, 3.8) is 0 Å². The minimum atomic E-state index is -0.949. The van der Waals surface area contributed by atoms with Crippen molar-refractivity contribution in [2.45, 2.75) is 39.3 Å². The van der Waals surface area contributed by atoms with Crippen LogP contribution in [0, 0.1) is 5.92 Å². The third kappa shape index (κ3) is 4.27. The summed E-state index contributed by atoms with van der Waals surface area (Å²) in [5, 5.41) is 10.2. The Labute approximate surface area is 160 Å². The van der Waals surface area contributed by atoms with Gasteiger partial charge in [-0.15, -0.1) is 0 Å². The van der Waals surface area contributed by atoms with Crippen LogP contribution in [-0.4, -0.2) is 52.6 Å². The highest BCUT2D eigenvalue weighted by Crippen LogP contribution is 2.29. The van der Waals surface area contributed by atoms with E-state index in [9.17, 15) is 9.90 Å². The fourth-order valence-corrected chi connectivity index (χ4v) is 3.44. The number of fused-ring (bicyclic) bond motifs is 1. The maximum absolute atomic E-state index is 12.6. The fraction of sp³-hybridized carbons (Fsp3) is 0.476. The minimum absolute atomic E-state index is 0.208. The quantitative estimate of drug-likeness (QED) is 0.878. The number of aromatic nitrogens is 2. The molecule has 3 rings (SSSR count). The highest BCUT2D eigenvalue weighted by molar-refractivity contribution is 5.81. The van der Waals surface area contributed by atoms with Crippen LogP contribution in [0.25, 0.3) is 11.4 Å². The van der Waals surface area contributed by atoms with Crippen LogP contribution in [0.4, 0.5) is 5.82 Å². The molecule has 1 aromatic heterocycles. The summed E-state index contributed by atoms with van der Waals surface area (Å²) in [5.74, 6) is 1.62. The molecule has 6 heteroatoms. The number of anilines is 1. The summed E-state index contributed by atoms with van der Waals surface area (Å²) in [6, 6.07) is 9.86. The Kier molecular flexibility index (Phi) is 5.75. The predicted octanol–water partition coefficient (Wildman–Crippen LogP) is 2.50. The Morgan fingerprint density at radius 3 is 2.56 bits per heavy atom. The van der Waals surface area contributed by atoms with E-state index in [0.717, 1.165) is 22.6 Å². The van der Waals surface area contributed by atoms with E-state index in [1.165, 1.54) is 0 Å². The predicted molar refractivity (Wildman–Crippen MR) is 106 cm³/mol. The number of aliphatic hydroxyl groups is 1. The Morgan fingerprint density at radius 2 is 1.93 bits per heavy atom. The largest absolute Gasteiger partial charge is 0.383 e. The first-order valence-corrected chi connectivity index (χ1v) is 9.46. The van der Waals surface area contributed by atoms with Crippen LogP contribution in [0.2, 0.25) is 0 Å². The first-order chi connectivity index (χ1) is 12.9. The summed E-state index contributed by atoms with van der Waals surface area (Å²) < 4.78 is 0. The molecule has 144 valence electrons. The van der Waals surface area contributed by atoms with Crippen molar-refractivity contribution in [3.8, 4) is 11.4 Å². The number of aliphatic hydroxyl groups excluding tert-OH is 1. The summed E-state index contributed by atoms with van der Waals surface area (Å²) in [7, 11) is 3.95. The molecule has 0 saturated heterocycles. The number of amides is 1. The van der Waals surface area contributed by atoms with Crippen LogP contribution in [0.1, 0.15) is 31.5 Å². The molecule has 2 aromatic rings. The molecule has 0 saturated carbocycles. The van der Waals surface area contributed by atoms with Crippen molar-refractivity contribution in [2.24, 2.45) is 5.92 Å². The second kappa shape index (κ2) is 8.05. The Hall–Kier alpha value is -2.47. The second-order valence-electron chi connectivity index (χ2n) is 7.71. The number of rotatable bonds is 5. The fourth-order valence-electron chi connectivity index (χ4n) is 3.44. The van der Waals surface area contributed by atoms with Gasteiger partial charge in [0, 0.05) is 31.8 Å². The molecule has 6 nitrogen and oxygen atoms in total. The molecule has 0 spiro atoms. The molecule has 27 heavy (non-hydrogen) atoms. The van der Waals surface area contributed by atoms with Crippen molar-refractivity contribution in [1.29, 1.82) is 0 Å². The van der Waals surface area contributed by atoms with Crippen LogP contribution < -0.4 is 4.90 Å². The molecular weight excluding hydrogens is 340 g/mol. The van der Waals surface area contributed by atoms with Crippen LogP contribution >= 0.6 is 0 Å². The van der Waals surface area contributed by atoms with Gasteiger partial charge in [-0.3, -0.25) is 4.79 Å². The average Bonchev–Trinajstić information content (AvgIpc) is 2.66. The number of benzene rings is 1. The number of carbonyl (C=O) groups excluding carboxylic acids is 1. The van der Waals surface area contributed by atoms with Crippen molar-refractivity contribution in [3.05, 3.63) is 41.6 Å². The standard InChI is InChI=1S/C21H28N4O2/c1-14(2)12-18(26)21(27)25-11-10-16-17(13-25)22-19(23-20(16)24(3)4)15-8-6-5-7-9-15/h5-9,14,18,26H,10-13H2,1-4H3/t18-/m1/s1. The molecule has 1 N–H and O–H groups in total. The zero-order valence-electron chi connectivity index (χ0n) is 16.5. The third-order valence-corrected chi connectivity index (χ3v) is 4.79. The summed E-state index contributed by atoms with van der Waals surface area (Å²) in [6.45, 7) is 5.00. The van der Waals surface area contributed by atoms with Gasteiger partial charge in [-0.05, 0) is 18.8 Å². The van der Waals surface area contributed by atoms with Crippen LogP contribution in [0.5, 0.6) is 0 Å². The maximum Gasteiger partial charge on any atom is 0.251 e. The van der Waals surface area contributed by atoms with Crippen LogP contribution in [0.3, 0.4) is 0 Å². The minimum Gasteiger partial charge on any atom is -0.383 e. The molecule has 1 aliphatic rings. The van der Waals surface area contributed by atoms with Gasteiger partial charge in [0.05, 0.1) is 12.2 Å². The zero-order valence-corrected chi connectivity index (χ0v) is 16.5. The van der Waals surface area contributed by atoms with Gasteiger partial charge in [-0.1, -0.05) is 44.2 Å². The molecule has 0 bridgehead atoms. The SMILES string of the molecule is CC(C)C[C@@H](O)C(=O)N1CCc2c(nc(-c3ccccc3)nc2N(C)C)C1. The normalized spacial score (nSPS) is 14.8. The summed E-state index contributed by atoms with van der Waals surface area (Å²) in [4.78, 5) is 25.9. The van der Waals surface area contributed by atoms with Gasteiger partial charge >= 0.3 is 0 Å². The summed E-state index contributed by atoms with van der Waals surface area (Å²) >= 11 is 0. The molecule has 2 heterocycles. The van der Waals surface area contributed by atoms with Crippen molar-refractivity contribution in [2.75, 3.05) is 25.5 Å². The van der Waals surface area contributed by atoms with Crippen molar-refractivity contribution >= 4 is 11.7 Å². The van der Waals surface area contributed by atoms with Gasteiger partial charge in [-0.2, -0.15) is 0 Å². The highest BCUT2D eigenvalue weighted by Gasteiger charge is 2.29. The van der Waals surface area contributed by atoms with E-state index in [4.69, 9.17) is 9.97 Å². The van der Waals surface area contributed by atoms with Crippen molar-refractivity contribution < 1.29 is 9.90 Å². The van der Waals surface area contributed by atoms with E-state index in [-0.39, 0.29) is 11.8 Å². The van der Waals surface area contributed by atoms with Gasteiger partial charge in [-0.25, -0.2) is 9.97 Å². The molecule has 1 aliphatic heterocycles. The van der Waals surface area contributed by atoms with Gasteiger partial charge in [0.1, 0.15) is 11.9 Å². The van der Waals surface area contributed by atoms with Crippen LogP contribution in [-0.2, 0) is 17.8 Å². The van der Waals surface area contributed by atoms with E-state index in [0.29, 0.717) is 31.8 Å². The number of nitrogens with zero attached hydrogens (tertiary/aromatic N) is 4. The zero-order chi connectivity index (χ0) is 19.6. The van der Waals surface area contributed by atoms with Crippen molar-refractivity contribution in [1.82, 2.24) is 14.9 Å². The average molecular weight is 368 g/mol. The summed E-state index contributed by atoms with van der Waals surface area (Å²) in [6.07, 6.45) is 0.220. The number of carbonyl (C=O) groups is 1. The van der Waals surface area contributed by atoms with Gasteiger partial charge in [0.2, 0.25) is 0 Å². The molecule has 0 radical (unpaired) electrons. The topological polar surface area (TPSA) is 69.6 Å².